The van der Waals surface area contributed by atoms with Crippen LogP contribution in [0, 0.1) is 0 Å². The zero-order valence-electron chi connectivity index (χ0n) is 16.2. The smallest absolute Gasteiger partial charge is 0.289 e. The topological polar surface area (TPSA) is 109 Å². The Morgan fingerprint density at radius 2 is 1.97 bits per heavy atom. The number of hydrogen-bond donors (Lipinski definition) is 3. The molecule has 2 aromatic carbocycles. The Morgan fingerprint density at radius 3 is 2.76 bits per heavy atom. The van der Waals surface area contributed by atoms with Crippen LogP contribution in [0.5, 0.6) is 17.2 Å². The molecule has 29 heavy (non-hydrogen) atoms. The van der Waals surface area contributed by atoms with Crippen LogP contribution in [-0.4, -0.2) is 40.6 Å². The Bertz CT molecular complexity index is 1010. The number of H-pyrrole nitrogens is 1. The van der Waals surface area contributed by atoms with Crippen LogP contribution >= 0.6 is 0 Å². The molecule has 0 saturated carbocycles. The number of aromatic hydroxyl groups is 1. The number of aromatic amines is 1. The molecule has 0 aliphatic heterocycles. The molecule has 0 saturated heterocycles. The van der Waals surface area contributed by atoms with E-state index in [9.17, 15) is 9.90 Å². The van der Waals surface area contributed by atoms with Gasteiger partial charge in [-0.05, 0) is 44.2 Å². The number of hydrazone groups is 1. The van der Waals surface area contributed by atoms with Crippen molar-refractivity contribution in [3.05, 3.63) is 59.8 Å². The molecule has 0 radical (unpaired) electrons. The summed E-state index contributed by atoms with van der Waals surface area (Å²) in [7, 11) is 0. The molecule has 0 aliphatic carbocycles. The van der Waals surface area contributed by atoms with E-state index in [0.717, 1.165) is 11.3 Å². The third kappa shape index (κ3) is 4.92. The van der Waals surface area contributed by atoms with Gasteiger partial charge < -0.3 is 14.6 Å². The second-order valence-electron chi connectivity index (χ2n) is 5.95. The lowest BCUT2D eigenvalue weighted by Crippen LogP contribution is -2.18. The Balaban J connectivity index is 1.67. The quantitative estimate of drug-likeness (QED) is 0.401. The number of phenolic OH excluding ortho intramolecular Hbond substituents is 1. The fourth-order valence-corrected chi connectivity index (χ4v) is 2.63. The summed E-state index contributed by atoms with van der Waals surface area (Å²) >= 11 is 0. The maximum atomic E-state index is 12.3. The van der Waals surface area contributed by atoms with Crippen molar-refractivity contribution in [1.29, 1.82) is 0 Å². The minimum absolute atomic E-state index is 0.0367. The largest absolute Gasteiger partial charge is 0.504 e. The van der Waals surface area contributed by atoms with Crippen molar-refractivity contribution >= 4 is 12.1 Å². The number of hydrogen-bond acceptors (Lipinski definition) is 6. The molecule has 8 nitrogen and oxygen atoms in total. The standard InChI is InChI=1S/C21H22N4O4/c1-3-28-16-9-5-7-14(11-16)17-12-18(24-23-17)21(27)25-22-13-15-8-6-10-19(20(15)26)29-4-2/h5-13,26H,3-4H2,1-2H3,(H,23,24)(H,25,27)/b22-13+. The minimum Gasteiger partial charge on any atom is -0.504 e. The van der Waals surface area contributed by atoms with Crippen LogP contribution in [-0.2, 0) is 0 Å². The average molecular weight is 394 g/mol. The van der Waals surface area contributed by atoms with Crippen molar-refractivity contribution in [2.75, 3.05) is 13.2 Å². The molecule has 0 spiro atoms. The molecule has 0 bridgehead atoms. The van der Waals surface area contributed by atoms with E-state index in [4.69, 9.17) is 9.47 Å². The first-order valence-electron chi connectivity index (χ1n) is 9.19. The van der Waals surface area contributed by atoms with Crippen LogP contribution < -0.4 is 14.9 Å². The maximum absolute atomic E-state index is 12.3. The number of aromatic nitrogens is 2. The summed E-state index contributed by atoms with van der Waals surface area (Å²) in [4.78, 5) is 12.3. The summed E-state index contributed by atoms with van der Waals surface area (Å²) in [5, 5.41) is 20.9. The number of benzene rings is 2. The molecule has 8 heteroatoms. The van der Waals surface area contributed by atoms with Crippen molar-refractivity contribution in [2.45, 2.75) is 13.8 Å². The number of para-hydroxylation sites is 1. The van der Waals surface area contributed by atoms with Crippen molar-refractivity contribution in [2.24, 2.45) is 5.10 Å². The third-order valence-corrected chi connectivity index (χ3v) is 3.96. The van der Waals surface area contributed by atoms with Crippen molar-refractivity contribution in [3.63, 3.8) is 0 Å². The molecule has 3 rings (SSSR count). The molecule has 0 unspecified atom stereocenters. The van der Waals surface area contributed by atoms with Crippen molar-refractivity contribution in [3.8, 4) is 28.5 Å². The minimum atomic E-state index is -0.457. The van der Waals surface area contributed by atoms with Gasteiger partial charge in [-0.25, -0.2) is 5.43 Å². The number of rotatable bonds is 8. The maximum Gasteiger partial charge on any atom is 0.289 e. The second kappa shape index (κ2) is 9.41. The monoisotopic (exact) mass is 394 g/mol. The van der Waals surface area contributed by atoms with E-state index in [1.165, 1.54) is 6.21 Å². The van der Waals surface area contributed by atoms with Crippen molar-refractivity contribution < 1.29 is 19.4 Å². The van der Waals surface area contributed by atoms with E-state index in [1.807, 2.05) is 38.1 Å². The highest BCUT2D eigenvalue weighted by molar-refractivity contribution is 5.94. The molecular formula is C21H22N4O4. The Kier molecular flexibility index (Phi) is 6.47. The number of nitrogens with one attached hydrogen (secondary N) is 2. The van der Waals surface area contributed by atoms with Gasteiger partial charge in [-0.3, -0.25) is 9.89 Å². The van der Waals surface area contributed by atoms with Gasteiger partial charge in [0.2, 0.25) is 0 Å². The molecule has 1 heterocycles. The fraction of sp³-hybridized carbons (Fsp3) is 0.190. The number of phenols is 1. The molecule has 0 aliphatic rings. The van der Waals surface area contributed by atoms with E-state index in [1.54, 1.807) is 24.3 Å². The summed E-state index contributed by atoms with van der Waals surface area (Å²) in [5.74, 6) is 0.597. The highest BCUT2D eigenvalue weighted by Crippen LogP contribution is 2.28. The lowest BCUT2D eigenvalue weighted by Gasteiger charge is -2.07. The Hall–Kier alpha value is -3.81. The molecule has 0 fully saturated rings. The highest BCUT2D eigenvalue weighted by Gasteiger charge is 2.11. The van der Waals surface area contributed by atoms with E-state index in [-0.39, 0.29) is 11.4 Å². The summed E-state index contributed by atoms with van der Waals surface area (Å²) < 4.78 is 10.8. The van der Waals surface area contributed by atoms with Crippen molar-refractivity contribution in [1.82, 2.24) is 15.6 Å². The van der Waals surface area contributed by atoms with Crippen LogP contribution in [0.25, 0.3) is 11.3 Å². The molecule has 1 amide bonds. The molecule has 0 atom stereocenters. The van der Waals surface area contributed by atoms with Gasteiger partial charge in [0.25, 0.3) is 5.91 Å². The van der Waals surface area contributed by atoms with Crippen LogP contribution in [0.4, 0.5) is 0 Å². The van der Waals surface area contributed by atoms with E-state index < -0.39 is 5.91 Å². The normalized spacial score (nSPS) is 10.8. The number of carbonyl (C=O) groups excluding carboxylic acids is 1. The van der Waals surface area contributed by atoms with E-state index in [2.05, 4.69) is 20.7 Å². The van der Waals surface area contributed by atoms with Crippen LogP contribution in [0.1, 0.15) is 29.9 Å². The predicted molar refractivity (Wildman–Crippen MR) is 110 cm³/mol. The first-order chi connectivity index (χ1) is 14.1. The predicted octanol–water partition coefficient (Wildman–Crippen LogP) is 3.34. The van der Waals surface area contributed by atoms with E-state index in [0.29, 0.717) is 30.2 Å². The Morgan fingerprint density at radius 1 is 1.17 bits per heavy atom. The number of amides is 1. The third-order valence-electron chi connectivity index (χ3n) is 3.96. The molecular weight excluding hydrogens is 372 g/mol. The van der Waals surface area contributed by atoms with Crippen LogP contribution in [0.3, 0.4) is 0 Å². The summed E-state index contributed by atoms with van der Waals surface area (Å²) in [6, 6.07) is 14.1. The molecule has 3 aromatic rings. The zero-order valence-corrected chi connectivity index (χ0v) is 16.2. The summed E-state index contributed by atoms with van der Waals surface area (Å²) in [5.41, 5.74) is 4.53. The summed E-state index contributed by atoms with van der Waals surface area (Å²) in [6.45, 7) is 4.74. The first-order valence-corrected chi connectivity index (χ1v) is 9.19. The average Bonchev–Trinajstić information content (AvgIpc) is 3.22. The van der Waals surface area contributed by atoms with Crippen LogP contribution in [0.15, 0.2) is 53.6 Å². The van der Waals surface area contributed by atoms with Gasteiger partial charge in [-0.15, -0.1) is 0 Å². The Labute approximate surface area is 168 Å². The van der Waals surface area contributed by atoms with Crippen LogP contribution in [0.2, 0.25) is 0 Å². The second-order valence-corrected chi connectivity index (χ2v) is 5.95. The molecule has 1 aromatic heterocycles. The van der Waals surface area contributed by atoms with Gasteiger partial charge in [0.05, 0.1) is 25.1 Å². The van der Waals surface area contributed by atoms with Gasteiger partial charge in [0, 0.05) is 11.1 Å². The molecule has 150 valence electrons. The number of nitrogens with zero attached hydrogens (tertiary/aromatic N) is 2. The van der Waals surface area contributed by atoms with Gasteiger partial charge in [-0.1, -0.05) is 18.2 Å². The SMILES string of the molecule is CCOc1cccc(-c2cc(C(=O)N/N=C/c3cccc(OCC)c3O)[nH]n2)c1. The van der Waals surface area contributed by atoms with Gasteiger partial charge in [-0.2, -0.15) is 10.2 Å². The number of carbonyl (C=O) groups is 1. The van der Waals surface area contributed by atoms with E-state index >= 15 is 0 Å². The summed E-state index contributed by atoms with van der Waals surface area (Å²) in [6.07, 6.45) is 1.35. The van der Waals surface area contributed by atoms with Gasteiger partial charge in [0.1, 0.15) is 11.4 Å². The van der Waals surface area contributed by atoms with Gasteiger partial charge >= 0.3 is 0 Å². The molecule has 3 N–H and O–H groups in total. The fourth-order valence-electron chi connectivity index (χ4n) is 2.63. The zero-order chi connectivity index (χ0) is 20.6. The highest BCUT2D eigenvalue weighted by atomic mass is 16.5. The first kappa shape index (κ1) is 19.9. The van der Waals surface area contributed by atoms with Gasteiger partial charge in [0.15, 0.2) is 11.5 Å². The lowest BCUT2D eigenvalue weighted by atomic mass is 10.1. The lowest BCUT2D eigenvalue weighted by molar-refractivity contribution is 0.0950. The number of ether oxygens (including phenoxy) is 2.